The van der Waals surface area contributed by atoms with Gasteiger partial charge in [0.2, 0.25) is 0 Å². The summed E-state index contributed by atoms with van der Waals surface area (Å²) in [5.74, 6) is 1.32. The third-order valence-electron chi connectivity index (χ3n) is 3.29. The molecule has 0 aliphatic carbocycles. The van der Waals surface area contributed by atoms with Crippen molar-refractivity contribution in [3.8, 4) is 0 Å². The SMILES string of the molecule is CC(C)C(CCC1CCCO1)C(C)Cl. The van der Waals surface area contributed by atoms with Crippen molar-refractivity contribution in [2.45, 2.75) is 57.9 Å². The van der Waals surface area contributed by atoms with Crippen LogP contribution >= 0.6 is 11.6 Å². The van der Waals surface area contributed by atoms with Crippen LogP contribution in [-0.2, 0) is 4.74 Å². The number of halogens is 1. The first-order chi connectivity index (χ1) is 6.61. The zero-order valence-corrected chi connectivity index (χ0v) is 10.4. The normalized spacial score (nSPS) is 26.8. The van der Waals surface area contributed by atoms with Gasteiger partial charge in [-0.1, -0.05) is 13.8 Å². The van der Waals surface area contributed by atoms with Gasteiger partial charge in [-0.05, 0) is 44.4 Å². The van der Waals surface area contributed by atoms with Crippen molar-refractivity contribution < 1.29 is 4.74 Å². The van der Waals surface area contributed by atoms with Crippen LogP contribution in [0.2, 0.25) is 0 Å². The van der Waals surface area contributed by atoms with Crippen molar-refractivity contribution in [1.29, 1.82) is 0 Å². The second-order valence-electron chi connectivity index (χ2n) is 4.80. The van der Waals surface area contributed by atoms with Crippen LogP contribution in [0.4, 0.5) is 0 Å². The van der Waals surface area contributed by atoms with Crippen LogP contribution in [0.25, 0.3) is 0 Å². The van der Waals surface area contributed by atoms with Gasteiger partial charge in [-0.2, -0.15) is 0 Å². The van der Waals surface area contributed by atoms with Crippen molar-refractivity contribution in [2.24, 2.45) is 11.8 Å². The molecule has 0 radical (unpaired) electrons. The maximum absolute atomic E-state index is 6.18. The summed E-state index contributed by atoms with van der Waals surface area (Å²) in [6.45, 7) is 7.60. The molecule has 1 rings (SSSR count). The molecular formula is C12H23ClO. The van der Waals surface area contributed by atoms with Gasteiger partial charge in [0.25, 0.3) is 0 Å². The average molecular weight is 219 g/mol. The van der Waals surface area contributed by atoms with E-state index < -0.39 is 0 Å². The highest BCUT2D eigenvalue weighted by atomic mass is 35.5. The van der Waals surface area contributed by atoms with Gasteiger partial charge in [-0.15, -0.1) is 11.6 Å². The molecule has 1 heterocycles. The van der Waals surface area contributed by atoms with E-state index in [1.165, 1.54) is 25.7 Å². The van der Waals surface area contributed by atoms with E-state index >= 15 is 0 Å². The topological polar surface area (TPSA) is 9.23 Å². The molecule has 1 aliphatic rings. The first kappa shape index (κ1) is 12.3. The highest BCUT2D eigenvalue weighted by Gasteiger charge is 2.22. The van der Waals surface area contributed by atoms with E-state index in [1.807, 2.05) is 0 Å². The lowest BCUT2D eigenvalue weighted by atomic mass is 9.87. The molecule has 0 aromatic heterocycles. The minimum absolute atomic E-state index is 0.288. The van der Waals surface area contributed by atoms with Gasteiger partial charge in [-0.3, -0.25) is 0 Å². The van der Waals surface area contributed by atoms with Gasteiger partial charge in [0.1, 0.15) is 0 Å². The molecule has 2 heteroatoms. The largest absolute Gasteiger partial charge is 0.378 e. The monoisotopic (exact) mass is 218 g/mol. The molecule has 0 N–H and O–H groups in total. The molecule has 1 nitrogen and oxygen atoms in total. The zero-order valence-electron chi connectivity index (χ0n) is 9.63. The summed E-state index contributed by atoms with van der Waals surface area (Å²) in [5, 5.41) is 0.288. The maximum atomic E-state index is 6.18. The second kappa shape index (κ2) is 5.97. The van der Waals surface area contributed by atoms with Gasteiger partial charge >= 0.3 is 0 Å². The molecule has 84 valence electrons. The van der Waals surface area contributed by atoms with Gasteiger partial charge in [-0.25, -0.2) is 0 Å². The molecule has 0 amide bonds. The fourth-order valence-corrected chi connectivity index (χ4v) is 2.76. The van der Waals surface area contributed by atoms with E-state index in [9.17, 15) is 0 Å². The maximum Gasteiger partial charge on any atom is 0.0576 e. The summed E-state index contributed by atoms with van der Waals surface area (Å²) in [4.78, 5) is 0. The van der Waals surface area contributed by atoms with Crippen molar-refractivity contribution in [1.82, 2.24) is 0 Å². The lowest BCUT2D eigenvalue weighted by Crippen LogP contribution is -2.20. The Hall–Kier alpha value is 0.250. The molecule has 0 spiro atoms. The Morgan fingerprint density at radius 1 is 1.36 bits per heavy atom. The molecule has 0 saturated carbocycles. The minimum atomic E-state index is 0.288. The Balaban J connectivity index is 2.25. The smallest absolute Gasteiger partial charge is 0.0576 e. The van der Waals surface area contributed by atoms with Gasteiger partial charge in [0.05, 0.1) is 6.10 Å². The van der Waals surface area contributed by atoms with Crippen LogP contribution < -0.4 is 0 Å². The lowest BCUT2D eigenvalue weighted by molar-refractivity contribution is 0.0954. The van der Waals surface area contributed by atoms with E-state index in [1.54, 1.807) is 0 Å². The highest BCUT2D eigenvalue weighted by Crippen LogP contribution is 2.27. The summed E-state index contributed by atoms with van der Waals surface area (Å²) >= 11 is 6.18. The Morgan fingerprint density at radius 2 is 2.07 bits per heavy atom. The average Bonchev–Trinajstić information content (AvgIpc) is 2.55. The van der Waals surface area contributed by atoms with Gasteiger partial charge in [0.15, 0.2) is 0 Å². The van der Waals surface area contributed by atoms with Crippen molar-refractivity contribution in [2.75, 3.05) is 6.61 Å². The van der Waals surface area contributed by atoms with E-state index in [0.29, 0.717) is 17.9 Å². The van der Waals surface area contributed by atoms with Crippen molar-refractivity contribution >= 4 is 11.6 Å². The van der Waals surface area contributed by atoms with Crippen LogP contribution in [0, 0.1) is 11.8 Å². The molecule has 0 aromatic rings. The molecule has 14 heavy (non-hydrogen) atoms. The fourth-order valence-electron chi connectivity index (χ4n) is 2.34. The molecule has 0 aromatic carbocycles. The molecule has 1 fully saturated rings. The quantitative estimate of drug-likeness (QED) is 0.637. The van der Waals surface area contributed by atoms with E-state index in [2.05, 4.69) is 20.8 Å². The van der Waals surface area contributed by atoms with E-state index in [-0.39, 0.29) is 5.38 Å². The first-order valence-electron chi connectivity index (χ1n) is 5.87. The van der Waals surface area contributed by atoms with Crippen LogP contribution in [0.15, 0.2) is 0 Å². The second-order valence-corrected chi connectivity index (χ2v) is 5.49. The molecule has 3 atom stereocenters. The molecule has 0 bridgehead atoms. The Labute approximate surface area is 93.2 Å². The van der Waals surface area contributed by atoms with Crippen molar-refractivity contribution in [3.63, 3.8) is 0 Å². The fraction of sp³-hybridized carbons (Fsp3) is 1.00. The Morgan fingerprint density at radius 3 is 2.50 bits per heavy atom. The van der Waals surface area contributed by atoms with Gasteiger partial charge in [0, 0.05) is 12.0 Å². The summed E-state index contributed by atoms with van der Waals surface area (Å²) in [6, 6.07) is 0. The molecule has 1 aliphatic heterocycles. The number of rotatable bonds is 5. The molecular weight excluding hydrogens is 196 g/mol. The molecule has 3 unspecified atom stereocenters. The summed E-state index contributed by atoms with van der Waals surface area (Å²) < 4.78 is 5.62. The standard InChI is InChI=1S/C12H23ClO/c1-9(2)12(10(3)13)7-6-11-5-4-8-14-11/h9-12H,4-8H2,1-3H3. The zero-order chi connectivity index (χ0) is 10.6. The van der Waals surface area contributed by atoms with Crippen LogP contribution in [0.1, 0.15) is 46.5 Å². The molecule has 1 saturated heterocycles. The predicted octanol–water partition coefficient (Wildman–Crippen LogP) is 3.85. The summed E-state index contributed by atoms with van der Waals surface area (Å²) in [6.07, 6.45) is 5.42. The number of hydrogen-bond acceptors (Lipinski definition) is 1. The Bertz CT molecular complexity index is 142. The predicted molar refractivity (Wildman–Crippen MR) is 61.9 cm³/mol. The number of hydrogen-bond donors (Lipinski definition) is 0. The lowest BCUT2D eigenvalue weighted by Gasteiger charge is -2.24. The summed E-state index contributed by atoms with van der Waals surface area (Å²) in [7, 11) is 0. The van der Waals surface area contributed by atoms with Crippen LogP contribution in [0.5, 0.6) is 0 Å². The summed E-state index contributed by atoms with van der Waals surface area (Å²) in [5.41, 5.74) is 0. The number of alkyl halides is 1. The minimum Gasteiger partial charge on any atom is -0.378 e. The number of ether oxygens (including phenoxy) is 1. The first-order valence-corrected chi connectivity index (χ1v) is 6.30. The van der Waals surface area contributed by atoms with Crippen LogP contribution in [0.3, 0.4) is 0 Å². The third kappa shape index (κ3) is 3.78. The van der Waals surface area contributed by atoms with Gasteiger partial charge < -0.3 is 4.74 Å². The highest BCUT2D eigenvalue weighted by molar-refractivity contribution is 6.20. The Kier molecular flexibility index (Phi) is 5.25. The van der Waals surface area contributed by atoms with Crippen molar-refractivity contribution in [3.05, 3.63) is 0 Å². The van der Waals surface area contributed by atoms with E-state index in [0.717, 1.165) is 6.61 Å². The third-order valence-corrected chi connectivity index (χ3v) is 3.62. The van der Waals surface area contributed by atoms with E-state index in [4.69, 9.17) is 16.3 Å². The van der Waals surface area contributed by atoms with Crippen LogP contribution in [-0.4, -0.2) is 18.1 Å².